The summed E-state index contributed by atoms with van der Waals surface area (Å²) in [5, 5.41) is 4.87. The summed E-state index contributed by atoms with van der Waals surface area (Å²) in [4.78, 5) is 12.5. The molecule has 3 heterocycles. The van der Waals surface area contributed by atoms with Crippen molar-refractivity contribution in [3.63, 3.8) is 0 Å². The summed E-state index contributed by atoms with van der Waals surface area (Å²) in [6, 6.07) is 10.6. The molecule has 0 spiro atoms. The lowest BCUT2D eigenvalue weighted by molar-refractivity contribution is 0.0574. The molecule has 176 valence electrons. The van der Waals surface area contributed by atoms with Crippen molar-refractivity contribution >= 4 is 23.5 Å². The number of hydrogen-bond acceptors (Lipinski definition) is 5. The Morgan fingerprint density at radius 3 is 2.85 bits per heavy atom. The second kappa shape index (κ2) is 9.50. The van der Waals surface area contributed by atoms with Crippen LogP contribution in [0.3, 0.4) is 0 Å². The molecule has 34 heavy (non-hydrogen) atoms. The van der Waals surface area contributed by atoms with E-state index in [9.17, 15) is 4.39 Å². The van der Waals surface area contributed by atoms with Crippen LogP contribution in [0.15, 0.2) is 59.7 Å². The summed E-state index contributed by atoms with van der Waals surface area (Å²) in [5.74, 6) is 1.23. The van der Waals surface area contributed by atoms with E-state index in [2.05, 4.69) is 27.2 Å². The van der Waals surface area contributed by atoms with Gasteiger partial charge in [0.1, 0.15) is 11.6 Å². The molecule has 1 aromatic heterocycles. The number of aromatic nitrogens is 2. The van der Waals surface area contributed by atoms with Gasteiger partial charge in [-0.3, -0.25) is 0 Å². The normalized spacial score (nSPS) is 19.3. The highest BCUT2D eigenvalue weighted by Crippen LogP contribution is 2.32. The van der Waals surface area contributed by atoms with Crippen LogP contribution in [-0.2, 0) is 4.84 Å². The van der Waals surface area contributed by atoms with Crippen molar-refractivity contribution in [3.8, 4) is 11.4 Å². The number of imidazole rings is 1. The quantitative estimate of drug-likeness (QED) is 0.464. The molecule has 0 amide bonds. The molecule has 0 saturated carbocycles. The van der Waals surface area contributed by atoms with Crippen molar-refractivity contribution in [2.75, 3.05) is 20.2 Å². The number of ether oxygens (including phenoxy) is 1. The third kappa shape index (κ3) is 4.66. The Balaban J connectivity index is 1.43. The molecule has 1 fully saturated rings. The molecule has 8 heteroatoms. The van der Waals surface area contributed by atoms with E-state index in [1.807, 2.05) is 29.8 Å². The van der Waals surface area contributed by atoms with Crippen LogP contribution in [0, 0.1) is 12.7 Å². The number of oxime groups is 1. The summed E-state index contributed by atoms with van der Waals surface area (Å²) in [6.45, 7) is 3.65. The van der Waals surface area contributed by atoms with Gasteiger partial charge in [-0.05, 0) is 72.9 Å². The number of hydrogen-bond donors (Lipinski definition) is 0. The average molecular weight is 481 g/mol. The first-order valence-electron chi connectivity index (χ1n) is 11.3. The van der Waals surface area contributed by atoms with Gasteiger partial charge in [-0.2, -0.15) is 0 Å². The first-order valence-corrected chi connectivity index (χ1v) is 11.7. The lowest BCUT2D eigenvalue weighted by atomic mass is 9.99. The van der Waals surface area contributed by atoms with Crippen molar-refractivity contribution in [3.05, 3.63) is 82.2 Å². The van der Waals surface area contributed by atoms with Gasteiger partial charge in [0, 0.05) is 30.7 Å². The smallest absolute Gasteiger partial charge is 0.171 e. The predicted octanol–water partition coefficient (Wildman–Crippen LogP) is 5.94. The van der Waals surface area contributed by atoms with Crippen LogP contribution < -0.4 is 4.74 Å². The molecule has 0 bridgehead atoms. The average Bonchev–Trinajstić information content (AvgIpc) is 3.12. The van der Waals surface area contributed by atoms with Crippen molar-refractivity contribution < 1.29 is 14.0 Å². The van der Waals surface area contributed by atoms with Crippen molar-refractivity contribution in [1.82, 2.24) is 14.5 Å². The van der Waals surface area contributed by atoms with E-state index in [0.29, 0.717) is 17.0 Å². The molecule has 5 rings (SSSR count). The number of piperidine rings is 1. The third-order valence-electron chi connectivity index (χ3n) is 6.18. The monoisotopic (exact) mass is 480 g/mol. The molecule has 0 N–H and O–H groups in total. The third-order valence-corrected chi connectivity index (χ3v) is 6.40. The first-order chi connectivity index (χ1) is 16.5. The van der Waals surface area contributed by atoms with Gasteiger partial charge in [0.2, 0.25) is 0 Å². The topological polar surface area (TPSA) is 51.9 Å². The molecule has 1 atom stereocenters. The summed E-state index contributed by atoms with van der Waals surface area (Å²) < 4.78 is 21.5. The van der Waals surface area contributed by atoms with Gasteiger partial charge in [0.15, 0.2) is 11.9 Å². The number of rotatable bonds is 4. The fourth-order valence-corrected chi connectivity index (χ4v) is 4.76. The van der Waals surface area contributed by atoms with E-state index in [4.69, 9.17) is 21.2 Å². The van der Waals surface area contributed by atoms with Gasteiger partial charge in [-0.1, -0.05) is 22.8 Å². The summed E-state index contributed by atoms with van der Waals surface area (Å²) in [6.07, 6.45) is 8.18. The molecule has 0 aliphatic carbocycles. The molecule has 0 radical (unpaired) electrons. The van der Waals surface area contributed by atoms with Crippen LogP contribution in [0.5, 0.6) is 5.75 Å². The molecule has 6 nitrogen and oxygen atoms in total. The Morgan fingerprint density at radius 1 is 1.21 bits per heavy atom. The molecule has 1 saturated heterocycles. The minimum absolute atomic E-state index is 0.342. The Bertz CT molecular complexity index is 1250. The number of methoxy groups -OCH3 is 1. The van der Waals surface area contributed by atoms with Gasteiger partial charge >= 0.3 is 0 Å². The van der Waals surface area contributed by atoms with Gasteiger partial charge in [0.25, 0.3) is 0 Å². The van der Waals surface area contributed by atoms with Crippen LogP contribution in [0.4, 0.5) is 4.39 Å². The van der Waals surface area contributed by atoms with Crippen molar-refractivity contribution in [1.29, 1.82) is 0 Å². The number of fused-ring (bicyclic) bond motifs is 1. The SMILES string of the molecule is COc1cc(C=C2CCCN3CC[C@H](c4cc(F)cc(Cl)c4)ON=C23)ccc1-n1cnc(C)c1. The maximum absolute atomic E-state index is 13.9. The van der Waals surface area contributed by atoms with Crippen molar-refractivity contribution in [2.24, 2.45) is 5.16 Å². The van der Waals surface area contributed by atoms with E-state index >= 15 is 0 Å². The van der Waals surface area contributed by atoms with Gasteiger partial charge in [-0.15, -0.1) is 0 Å². The molecule has 3 aromatic rings. The summed E-state index contributed by atoms with van der Waals surface area (Å²) >= 11 is 6.06. The molecular formula is C26H26ClFN4O2. The minimum atomic E-state index is -0.371. The van der Waals surface area contributed by atoms with Crippen molar-refractivity contribution in [2.45, 2.75) is 32.3 Å². The molecule has 2 aliphatic rings. The molecule has 0 unspecified atom stereocenters. The summed E-state index contributed by atoms with van der Waals surface area (Å²) in [5.41, 5.74) is 4.71. The van der Waals surface area contributed by atoms with Crippen LogP contribution in [-0.4, -0.2) is 40.5 Å². The van der Waals surface area contributed by atoms with Crippen LogP contribution in [0.1, 0.15) is 42.2 Å². The highest BCUT2D eigenvalue weighted by Gasteiger charge is 2.28. The zero-order valence-corrected chi connectivity index (χ0v) is 19.9. The van der Waals surface area contributed by atoms with Gasteiger partial charge in [0.05, 0.1) is 24.8 Å². The fourth-order valence-electron chi connectivity index (χ4n) is 4.53. The standard InChI is InChI=1S/C26H26ClFN4O2/c1-17-15-32(16-29-17)23-6-5-18(11-25(23)33-2)10-19-4-3-8-31-9-7-24(34-30-26(19)31)20-12-21(27)14-22(28)13-20/h5-6,10-16,24H,3-4,7-9H2,1-2H3/t24-/m1/s1. The Morgan fingerprint density at radius 2 is 2.09 bits per heavy atom. The zero-order chi connectivity index (χ0) is 23.7. The zero-order valence-electron chi connectivity index (χ0n) is 19.2. The van der Waals surface area contributed by atoms with E-state index in [0.717, 1.165) is 60.0 Å². The number of halogens is 2. The Hall–Kier alpha value is -3.32. The van der Waals surface area contributed by atoms with E-state index < -0.39 is 0 Å². The molecule has 2 aliphatic heterocycles. The van der Waals surface area contributed by atoms with E-state index in [-0.39, 0.29) is 11.9 Å². The maximum atomic E-state index is 13.9. The predicted molar refractivity (Wildman–Crippen MR) is 131 cm³/mol. The maximum Gasteiger partial charge on any atom is 0.171 e. The number of benzene rings is 2. The van der Waals surface area contributed by atoms with Gasteiger partial charge in [-0.25, -0.2) is 9.37 Å². The van der Waals surface area contributed by atoms with E-state index in [1.54, 1.807) is 19.5 Å². The Labute approximate surface area is 203 Å². The Kier molecular flexibility index (Phi) is 6.28. The summed E-state index contributed by atoms with van der Waals surface area (Å²) in [7, 11) is 1.67. The largest absolute Gasteiger partial charge is 0.495 e. The van der Waals surface area contributed by atoms with Crippen LogP contribution in [0.25, 0.3) is 11.8 Å². The first kappa shape index (κ1) is 22.5. The van der Waals surface area contributed by atoms with Crippen LogP contribution >= 0.6 is 11.6 Å². The second-order valence-electron chi connectivity index (χ2n) is 8.61. The highest BCUT2D eigenvalue weighted by atomic mass is 35.5. The van der Waals surface area contributed by atoms with Gasteiger partial charge < -0.3 is 19.0 Å². The van der Waals surface area contributed by atoms with Crippen LogP contribution in [0.2, 0.25) is 5.02 Å². The minimum Gasteiger partial charge on any atom is -0.495 e. The molecular weight excluding hydrogens is 455 g/mol. The number of amidine groups is 1. The molecule has 2 aromatic carbocycles. The lowest BCUT2D eigenvalue weighted by Gasteiger charge is -2.29. The number of aryl methyl sites for hydroxylation is 1. The number of nitrogens with zero attached hydrogens (tertiary/aromatic N) is 4. The highest BCUT2D eigenvalue weighted by molar-refractivity contribution is 6.30. The second-order valence-corrected chi connectivity index (χ2v) is 9.05. The lowest BCUT2D eigenvalue weighted by Crippen LogP contribution is -2.37. The van der Waals surface area contributed by atoms with E-state index in [1.165, 1.54) is 12.1 Å². The fraction of sp³-hybridized carbons (Fsp3) is 0.308.